The summed E-state index contributed by atoms with van der Waals surface area (Å²) in [6.45, 7) is 0. The quantitative estimate of drug-likeness (QED) is 0.346. The van der Waals surface area contributed by atoms with Crippen LogP contribution in [0.25, 0.3) is 42.3 Å². The zero-order chi connectivity index (χ0) is 16.1. The van der Waals surface area contributed by atoms with Crippen LogP contribution < -0.4 is 0 Å². The Hall–Kier alpha value is -2.78. The zero-order valence-electron chi connectivity index (χ0n) is 12.7. The average Bonchev–Trinajstić information content (AvgIpc) is 3.02. The van der Waals surface area contributed by atoms with Gasteiger partial charge < -0.3 is 0 Å². The molecule has 0 radical (unpaired) electrons. The van der Waals surface area contributed by atoms with E-state index in [-0.39, 0.29) is 5.82 Å². The van der Waals surface area contributed by atoms with Gasteiger partial charge in [-0.1, -0.05) is 48.5 Å². The molecule has 0 atom stereocenters. The number of benzene rings is 3. The van der Waals surface area contributed by atoms with E-state index in [1.54, 1.807) is 23.5 Å². The van der Waals surface area contributed by atoms with Gasteiger partial charge in [0.15, 0.2) is 0 Å². The van der Waals surface area contributed by atoms with Gasteiger partial charge in [-0.15, -0.1) is 11.3 Å². The Balaban J connectivity index is 2.05. The number of hydrogen-bond donors (Lipinski definition) is 0. The fourth-order valence-electron chi connectivity index (χ4n) is 3.24. The van der Waals surface area contributed by atoms with Gasteiger partial charge in [0.25, 0.3) is 0 Å². The second kappa shape index (κ2) is 5.11. The molecule has 1 nitrogen and oxygen atoms in total. The molecular weight excluding hydrogens is 317 g/mol. The maximum absolute atomic E-state index is 13.8. The third-order valence-electron chi connectivity index (χ3n) is 4.31. The molecule has 2 heterocycles. The van der Waals surface area contributed by atoms with E-state index in [9.17, 15) is 4.39 Å². The predicted molar refractivity (Wildman–Crippen MR) is 100 cm³/mol. The molecule has 0 fully saturated rings. The van der Waals surface area contributed by atoms with Crippen LogP contribution in [0.15, 0.2) is 72.8 Å². The highest BCUT2D eigenvalue weighted by molar-refractivity contribution is 7.26. The monoisotopic (exact) mass is 329 g/mol. The van der Waals surface area contributed by atoms with Gasteiger partial charge in [0.1, 0.15) is 5.82 Å². The lowest BCUT2D eigenvalue weighted by Gasteiger charge is -2.07. The summed E-state index contributed by atoms with van der Waals surface area (Å²) in [5.41, 5.74) is 2.87. The number of aromatic nitrogens is 1. The van der Waals surface area contributed by atoms with Crippen LogP contribution in [0.3, 0.4) is 0 Å². The van der Waals surface area contributed by atoms with Gasteiger partial charge in [0.2, 0.25) is 0 Å². The van der Waals surface area contributed by atoms with Gasteiger partial charge in [-0.25, -0.2) is 9.37 Å². The van der Waals surface area contributed by atoms with Crippen molar-refractivity contribution in [1.29, 1.82) is 0 Å². The minimum absolute atomic E-state index is 0.226. The van der Waals surface area contributed by atoms with Crippen LogP contribution in [-0.2, 0) is 0 Å². The van der Waals surface area contributed by atoms with Crippen molar-refractivity contribution in [2.75, 3.05) is 0 Å². The maximum Gasteiger partial charge on any atom is 0.124 e. The van der Waals surface area contributed by atoms with Crippen LogP contribution in [0, 0.1) is 5.82 Å². The minimum Gasteiger partial charge on any atom is -0.247 e. The van der Waals surface area contributed by atoms with Crippen molar-refractivity contribution in [1.82, 2.24) is 4.98 Å². The number of thiophene rings is 1. The van der Waals surface area contributed by atoms with Crippen molar-refractivity contribution in [2.24, 2.45) is 0 Å². The highest BCUT2D eigenvalue weighted by Crippen LogP contribution is 2.42. The summed E-state index contributed by atoms with van der Waals surface area (Å²) in [4.78, 5) is 4.88. The molecule has 2 aromatic heterocycles. The van der Waals surface area contributed by atoms with E-state index in [1.165, 1.54) is 16.2 Å². The van der Waals surface area contributed by atoms with E-state index >= 15 is 0 Å². The maximum atomic E-state index is 13.8. The minimum atomic E-state index is -0.226. The molecule has 0 saturated heterocycles. The van der Waals surface area contributed by atoms with E-state index in [2.05, 4.69) is 24.3 Å². The van der Waals surface area contributed by atoms with Crippen LogP contribution in [0.5, 0.6) is 0 Å². The Kier molecular flexibility index (Phi) is 2.91. The number of rotatable bonds is 1. The molecule has 24 heavy (non-hydrogen) atoms. The molecule has 0 spiro atoms. The second-order valence-corrected chi connectivity index (χ2v) is 6.84. The smallest absolute Gasteiger partial charge is 0.124 e. The zero-order valence-corrected chi connectivity index (χ0v) is 13.5. The first-order valence-electron chi connectivity index (χ1n) is 7.77. The van der Waals surface area contributed by atoms with Gasteiger partial charge in [-0.2, -0.15) is 0 Å². The lowest BCUT2D eigenvalue weighted by molar-refractivity contribution is 0.630. The Bertz CT molecular complexity index is 1210. The number of halogens is 1. The third kappa shape index (κ3) is 1.95. The van der Waals surface area contributed by atoms with Gasteiger partial charge in [0, 0.05) is 31.1 Å². The van der Waals surface area contributed by atoms with Crippen LogP contribution in [0.1, 0.15) is 0 Å². The Morgan fingerprint density at radius 1 is 0.792 bits per heavy atom. The molecule has 0 unspecified atom stereocenters. The largest absolute Gasteiger partial charge is 0.247 e. The molecule has 5 rings (SSSR count). The lowest BCUT2D eigenvalue weighted by atomic mass is 10.0. The fraction of sp³-hybridized carbons (Fsp3) is 0. The Labute approximate surface area is 142 Å². The van der Waals surface area contributed by atoms with Crippen molar-refractivity contribution in [3.63, 3.8) is 0 Å². The number of hydrogen-bond acceptors (Lipinski definition) is 2. The summed E-state index contributed by atoms with van der Waals surface area (Å²) < 4.78 is 16.1. The SMILES string of the molecule is Fc1ccc2nc(-c3ccccc3)c3c4ccccc4sc3c2c1. The molecule has 0 saturated carbocycles. The summed E-state index contributed by atoms with van der Waals surface area (Å²) in [7, 11) is 0. The molecule has 3 aromatic carbocycles. The topological polar surface area (TPSA) is 12.9 Å². The van der Waals surface area contributed by atoms with Crippen molar-refractivity contribution in [3.8, 4) is 11.3 Å². The average molecular weight is 329 g/mol. The van der Waals surface area contributed by atoms with E-state index in [1.807, 2.05) is 30.3 Å². The molecule has 3 heteroatoms. The molecule has 5 aromatic rings. The van der Waals surface area contributed by atoms with Gasteiger partial charge in [-0.3, -0.25) is 0 Å². The van der Waals surface area contributed by atoms with Gasteiger partial charge >= 0.3 is 0 Å². The standard InChI is InChI=1S/C21H12FNS/c22-14-10-11-17-16(12-14)21-19(15-8-4-5-9-18(15)24-21)20(23-17)13-6-2-1-3-7-13/h1-12H. The molecule has 0 amide bonds. The lowest BCUT2D eigenvalue weighted by Crippen LogP contribution is -1.88. The fourth-order valence-corrected chi connectivity index (χ4v) is 4.47. The first-order valence-corrected chi connectivity index (χ1v) is 8.59. The number of nitrogens with zero attached hydrogens (tertiary/aromatic N) is 1. The third-order valence-corrected chi connectivity index (χ3v) is 5.52. The first kappa shape index (κ1) is 13.6. The van der Waals surface area contributed by atoms with Crippen LogP contribution >= 0.6 is 11.3 Å². The summed E-state index contributed by atoms with van der Waals surface area (Å²) in [6, 6.07) is 23.3. The molecular formula is C21H12FNS. The van der Waals surface area contributed by atoms with Crippen LogP contribution in [0.4, 0.5) is 4.39 Å². The molecule has 0 aliphatic heterocycles. The Morgan fingerprint density at radius 2 is 1.58 bits per heavy atom. The number of fused-ring (bicyclic) bond motifs is 5. The van der Waals surface area contributed by atoms with Gasteiger partial charge in [-0.05, 0) is 24.3 Å². The predicted octanol–water partition coefficient (Wildman–Crippen LogP) is 6.41. The highest BCUT2D eigenvalue weighted by Gasteiger charge is 2.16. The molecule has 0 aliphatic carbocycles. The molecule has 0 bridgehead atoms. The molecule has 114 valence electrons. The summed E-state index contributed by atoms with van der Waals surface area (Å²) in [5, 5.41) is 3.17. The molecule has 0 aliphatic rings. The van der Waals surface area contributed by atoms with Crippen molar-refractivity contribution < 1.29 is 4.39 Å². The van der Waals surface area contributed by atoms with Crippen molar-refractivity contribution in [3.05, 3.63) is 78.6 Å². The highest BCUT2D eigenvalue weighted by atomic mass is 32.1. The number of pyridine rings is 1. The van der Waals surface area contributed by atoms with Gasteiger partial charge in [0.05, 0.1) is 11.2 Å². The van der Waals surface area contributed by atoms with E-state index < -0.39 is 0 Å². The van der Waals surface area contributed by atoms with E-state index in [0.29, 0.717) is 0 Å². The summed E-state index contributed by atoms with van der Waals surface area (Å²) >= 11 is 1.70. The molecule has 0 N–H and O–H groups in total. The van der Waals surface area contributed by atoms with Crippen LogP contribution in [-0.4, -0.2) is 4.98 Å². The normalized spacial score (nSPS) is 11.5. The van der Waals surface area contributed by atoms with Crippen molar-refractivity contribution >= 4 is 42.4 Å². The van der Waals surface area contributed by atoms with Crippen molar-refractivity contribution in [2.45, 2.75) is 0 Å². The second-order valence-electron chi connectivity index (χ2n) is 5.79. The van der Waals surface area contributed by atoms with E-state index in [4.69, 9.17) is 4.98 Å². The Morgan fingerprint density at radius 3 is 2.46 bits per heavy atom. The summed E-state index contributed by atoms with van der Waals surface area (Å²) in [6.07, 6.45) is 0. The summed E-state index contributed by atoms with van der Waals surface area (Å²) in [5.74, 6) is -0.226. The van der Waals surface area contributed by atoms with E-state index in [0.717, 1.165) is 32.2 Å². The van der Waals surface area contributed by atoms with Crippen LogP contribution in [0.2, 0.25) is 0 Å². The first-order chi connectivity index (χ1) is 11.8.